The highest BCUT2D eigenvalue weighted by Gasteiger charge is 2.30. The number of oxazole rings is 1. The zero-order valence-electron chi connectivity index (χ0n) is 19.0. The van der Waals surface area contributed by atoms with E-state index < -0.39 is 0 Å². The molecule has 2 N–H and O–H groups in total. The van der Waals surface area contributed by atoms with Crippen molar-refractivity contribution >= 4 is 45.2 Å². The SMILES string of the molecule is CNc1ncc(-c2nc3cc(N4CCO[C@H](C)C4)ccc3o2)c2cc(NC(=O)C3CC3)nnc12. The van der Waals surface area contributed by atoms with Crippen LogP contribution in [0.25, 0.3) is 33.5 Å². The van der Waals surface area contributed by atoms with Crippen LogP contribution in [0.4, 0.5) is 17.3 Å². The molecule has 3 aromatic heterocycles. The maximum absolute atomic E-state index is 12.2. The number of amides is 1. The van der Waals surface area contributed by atoms with Gasteiger partial charge in [-0.3, -0.25) is 4.79 Å². The molecule has 4 heterocycles. The molecule has 0 radical (unpaired) electrons. The largest absolute Gasteiger partial charge is 0.436 e. The molecule has 2 fully saturated rings. The molecule has 1 amide bonds. The molecule has 2 aliphatic rings. The summed E-state index contributed by atoms with van der Waals surface area (Å²) in [4.78, 5) is 23.8. The van der Waals surface area contributed by atoms with E-state index in [0.717, 1.165) is 42.5 Å². The van der Waals surface area contributed by atoms with E-state index in [0.29, 0.717) is 40.8 Å². The van der Waals surface area contributed by atoms with E-state index in [2.05, 4.69) is 37.6 Å². The third-order valence-electron chi connectivity index (χ3n) is 6.28. The summed E-state index contributed by atoms with van der Waals surface area (Å²) in [5.74, 6) is 1.48. The predicted octanol–water partition coefficient (Wildman–Crippen LogP) is 3.45. The Hall–Kier alpha value is -3.79. The third-order valence-corrected chi connectivity index (χ3v) is 6.28. The number of hydrogen-bond acceptors (Lipinski definition) is 9. The lowest BCUT2D eigenvalue weighted by Gasteiger charge is -2.32. The van der Waals surface area contributed by atoms with Crippen molar-refractivity contribution in [2.24, 2.45) is 5.92 Å². The lowest BCUT2D eigenvalue weighted by Crippen LogP contribution is -2.41. The van der Waals surface area contributed by atoms with Crippen molar-refractivity contribution in [1.82, 2.24) is 20.2 Å². The van der Waals surface area contributed by atoms with Gasteiger partial charge >= 0.3 is 0 Å². The van der Waals surface area contributed by atoms with Crippen molar-refractivity contribution in [2.75, 3.05) is 42.3 Å². The molecule has 0 unspecified atom stereocenters. The highest BCUT2D eigenvalue weighted by Crippen LogP contribution is 2.35. The highest BCUT2D eigenvalue weighted by atomic mass is 16.5. The van der Waals surface area contributed by atoms with Gasteiger partial charge in [0.05, 0.1) is 18.3 Å². The van der Waals surface area contributed by atoms with E-state index in [1.54, 1.807) is 19.3 Å². The van der Waals surface area contributed by atoms with Crippen LogP contribution in [0.15, 0.2) is 34.9 Å². The molecular weight excluding hydrogens is 434 g/mol. The summed E-state index contributed by atoms with van der Waals surface area (Å²) in [5, 5.41) is 15.2. The topological polar surface area (TPSA) is 118 Å². The smallest absolute Gasteiger partial charge is 0.229 e. The van der Waals surface area contributed by atoms with Crippen LogP contribution in [-0.4, -0.2) is 58.9 Å². The van der Waals surface area contributed by atoms with Gasteiger partial charge in [0.2, 0.25) is 11.8 Å². The van der Waals surface area contributed by atoms with Gasteiger partial charge in [-0.2, -0.15) is 0 Å². The number of carbonyl (C=O) groups excluding carboxylic acids is 1. The number of nitrogens with zero attached hydrogens (tertiary/aromatic N) is 5. The Morgan fingerprint density at radius 3 is 2.88 bits per heavy atom. The fourth-order valence-corrected chi connectivity index (χ4v) is 4.30. The first-order chi connectivity index (χ1) is 16.6. The molecule has 0 bridgehead atoms. The zero-order chi connectivity index (χ0) is 23.2. The molecule has 174 valence electrons. The Labute approximate surface area is 195 Å². The number of nitrogens with one attached hydrogen (secondary N) is 2. The van der Waals surface area contributed by atoms with E-state index in [1.807, 2.05) is 18.2 Å². The lowest BCUT2D eigenvalue weighted by molar-refractivity contribution is -0.117. The molecule has 0 spiro atoms. The fraction of sp³-hybridized carbons (Fsp3) is 0.375. The van der Waals surface area contributed by atoms with Gasteiger partial charge in [-0.25, -0.2) is 9.97 Å². The second-order valence-electron chi connectivity index (χ2n) is 8.82. The van der Waals surface area contributed by atoms with Crippen molar-refractivity contribution in [3.63, 3.8) is 0 Å². The van der Waals surface area contributed by atoms with Crippen LogP contribution < -0.4 is 15.5 Å². The normalized spacial score (nSPS) is 18.4. The quantitative estimate of drug-likeness (QED) is 0.462. The summed E-state index contributed by atoms with van der Waals surface area (Å²) in [6.45, 7) is 4.47. The number of rotatable bonds is 5. The molecule has 1 aliphatic heterocycles. The van der Waals surface area contributed by atoms with Gasteiger partial charge in [0.25, 0.3) is 0 Å². The van der Waals surface area contributed by atoms with E-state index in [1.165, 1.54) is 0 Å². The first-order valence-electron chi connectivity index (χ1n) is 11.5. The van der Waals surface area contributed by atoms with Gasteiger partial charge in [-0.1, -0.05) is 0 Å². The Balaban J connectivity index is 1.40. The van der Waals surface area contributed by atoms with E-state index in [-0.39, 0.29) is 17.9 Å². The van der Waals surface area contributed by atoms with Crippen LogP contribution in [0.1, 0.15) is 19.8 Å². The standard InChI is InChI=1S/C24H25N7O3/c1-13-12-31(7-8-33-13)15-5-6-19-18(9-15)27-24(34-19)17-11-26-22(25-2)21-16(17)10-20(29-30-21)28-23(32)14-3-4-14/h5-6,9-11,13-14H,3-4,7-8,12H2,1-2H3,(H,25,26)(H,28,29,32)/t13-/m1/s1. The second-order valence-corrected chi connectivity index (χ2v) is 8.82. The van der Waals surface area contributed by atoms with Gasteiger partial charge < -0.3 is 24.7 Å². The lowest BCUT2D eigenvalue weighted by atomic mass is 10.1. The molecule has 1 saturated carbocycles. The van der Waals surface area contributed by atoms with Crippen LogP contribution in [0.2, 0.25) is 0 Å². The molecule has 1 aliphatic carbocycles. The Kier molecular flexibility index (Phi) is 5.02. The predicted molar refractivity (Wildman–Crippen MR) is 129 cm³/mol. The molecule has 1 saturated heterocycles. The number of hydrogen-bond donors (Lipinski definition) is 2. The minimum absolute atomic E-state index is 0.0232. The highest BCUT2D eigenvalue weighted by molar-refractivity contribution is 6.01. The van der Waals surface area contributed by atoms with E-state index >= 15 is 0 Å². The number of morpholine rings is 1. The molecular formula is C24H25N7O3. The average molecular weight is 460 g/mol. The Morgan fingerprint density at radius 1 is 1.21 bits per heavy atom. The summed E-state index contributed by atoms with van der Waals surface area (Å²) < 4.78 is 11.8. The molecule has 10 heteroatoms. The number of benzene rings is 1. The van der Waals surface area contributed by atoms with Crippen LogP contribution >= 0.6 is 0 Å². The fourth-order valence-electron chi connectivity index (χ4n) is 4.30. The van der Waals surface area contributed by atoms with E-state index in [4.69, 9.17) is 14.1 Å². The first-order valence-corrected chi connectivity index (χ1v) is 11.5. The molecule has 10 nitrogen and oxygen atoms in total. The summed E-state index contributed by atoms with van der Waals surface area (Å²) in [6.07, 6.45) is 3.73. The van der Waals surface area contributed by atoms with E-state index in [9.17, 15) is 4.79 Å². The van der Waals surface area contributed by atoms with Crippen LogP contribution in [0.5, 0.6) is 0 Å². The minimum atomic E-state index is -0.0232. The van der Waals surface area contributed by atoms with Gasteiger partial charge in [0, 0.05) is 43.3 Å². The van der Waals surface area contributed by atoms with Crippen molar-refractivity contribution in [3.8, 4) is 11.5 Å². The molecule has 34 heavy (non-hydrogen) atoms. The van der Waals surface area contributed by atoms with Gasteiger partial charge in [-0.05, 0) is 44.0 Å². The van der Waals surface area contributed by atoms with Gasteiger partial charge in [0.15, 0.2) is 17.2 Å². The summed E-state index contributed by atoms with van der Waals surface area (Å²) >= 11 is 0. The minimum Gasteiger partial charge on any atom is -0.436 e. The first kappa shape index (κ1) is 20.8. The van der Waals surface area contributed by atoms with Crippen LogP contribution in [0.3, 0.4) is 0 Å². The maximum atomic E-state index is 12.2. The number of carbonyl (C=O) groups is 1. The van der Waals surface area contributed by atoms with Crippen molar-refractivity contribution in [2.45, 2.75) is 25.9 Å². The average Bonchev–Trinajstić information content (AvgIpc) is 3.62. The van der Waals surface area contributed by atoms with Gasteiger partial charge in [-0.15, -0.1) is 10.2 Å². The number of aromatic nitrogens is 4. The number of pyridine rings is 1. The summed E-state index contributed by atoms with van der Waals surface area (Å²) in [6, 6.07) is 7.84. The van der Waals surface area contributed by atoms with Crippen molar-refractivity contribution in [3.05, 3.63) is 30.5 Å². The summed E-state index contributed by atoms with van der Waals surface area (Å²) in [5.41, 5.74) is 3.81. The van der Waals surface area contributed by atoms with Crippen LogP contribution in [-0.2, 0) is 9.53 Å². The number of ether oxygens (including phenoxy) is 1. The van der Waals surface area contributed by atoms with Gasteiger partial charge in [0.1, 0.15) is 11.0 Å². The molecule has 4 aromatic rings. The molecule has 6 rings (SSSR count). The van der Waals surface area contributed by atoms with Crippen LogP contribution in [0, 0.1) is 5.92 Å². The Morgan fingerprint density at radius 2 is 2.09 bits per heavy atom. The third kappa shape index (κ3) is 3.79. The Bertz CT molecular complexity index is 1400. The molecule has 1 aromatic carbocycles. The monoisotopic (exact) mass is 459 g/mol. The summed E-state index contributed by atoms with van der Waals surface area (Å²) in [7, 11) is 1.78. The molecule has 1 atom stereocenters. The van der Waals surface area contributed by atoms with Crippen molar-refractivity contribution in [1.29, 1.82) is 0 Å². The van der Waals surface area contributed by atoms with Crippen molar-refractivity contribution < 1.29 is 13.9 Å². The maximum Gasteiger partial charge on any atom is 0.229 e. The zero-order valence-corrected chi connectivity index (χ0v) is 19.0. The second kappa shape index (κ2) is 8.21. The number of anilines is 3. The number of fused-ring (bicyclic) bond motifs is 2.